The molecule has 0 spiro atoms. The van der Waals surface area contributed by atoms with Gasteiger partial charge in [0.2, 0.25) is 0 Å². The van der Waals surface area contributed by atoms with Crippen molar-refractivity contribution in [1.29, 1.82) is 0 Å². The van der Waals surface area contributed by atoms with E-state index in [0.29, 0.717) is 16.9 Å². The molecule has 4 aromatic rings. The lowest BCUT2D eigenvalue weighted by molar-refractivity contribution is 0.0562. The Kier molecular flexibility index (Phi) is 7.27. The number of hydrogen-bond donors (Lipinski definition) is 2. The number of benzene rings is 1. The number of phenols is 1. The predicted octanol–water partition coefficient (Wildman–Crippen LogP) is 6.13. The smallest absolute Gasteiger partial charge is 0.407 e. The van der Waals surface area contributed by atoms with Gasteiger partial charge in [0.1, 0.15) is 17.4 Å². The number of pyridine rings is 2. The lowest BCUT2D eigenvalue weighted by atomic mass is 9.80. The number of anilines is 1. The molecule has 1 unspecified atom stereocenters. The van der Waals surface area contributed by atoms with Gasteiger partial charge in [-0.3, -0.25) is 4.98 Å². The first-order valence-electron chi connectivity index (χ1n) is 14.6. The number of phenolic OH excluding ortho intramolecular Hbond substituents is 1. The maximum Gasteiger partial charge on any atom is 0.407 e. The lowest BCUT2D eigenvalue weighted by Crippen LogP contribution is -2.64. The fourth-order valence-electron chi connectivity index (χ4n) is 6.66. The van der Waals surface area contributed by atoms with E-state index < -0.39 is 29.1 Å². The van der Waals surface area contributed by atoms with Crippen LogP contribution in [-0.4, -0.2) is 65.9 Å². The topological polar surface area (TPSA) is 125 Å². The van der Waals surface area contributed by atoms with Crippen LogP contribution in [0.5, 0.6) is 5.75 Å². The van der Waals surface area contributed by atoms with E-state index in [9.17, 15) is 19.8 Å². The Balaban J connectivity index is 1.66. The van der Waals surface area contributed by atoms with Gasteiger partial charge in [-0.2, -0.15) is 4.98 Å². The average Bonchev–Trinajstić information content (AvgIpc) is 3.78. The molecule has 2 fully saturated rings. The van der Waals surface area contributed by atoms with Crippen LogP contribution in [0.4, 0.5) is 15.0 Å². The van der Waals surface area contributed by atoms with Crippen molar-refractivity contribution in [1.82, 2.24) is 24.4 Å². The van der Waals surface area contributed by atoms with Crippen molar-refractivity contribution in [3.05, 3.63) is 69.1 Å². The van der Waals surface area contributed by atoms with Crippen LogP contribution < -0.4 is 10.6 Å². The number of carboxylic acid groups (broad SMARTS) is 1. The third kappa shape index (κ3) is 4.92. The second-order valence-electron chi connectivity index (χ2n) is 12.7. The molecule has 1 saturated heterocycles. The first kappa shape index (κ1) is 29.8. The van der Waals surface area contributed by atoms with Crippen LogP contribution in [0, 0.1) is 18.2 Å². The monoisotopic (exact) mass is 620 g/mol. The Hall–Kier alpha value is -4.25. The third-order valence-electron chi connectivity index (χ3n) is 8.64. The summed E-state index contributed by atoms with van der Waals surface area (Å²) in [5, 5.41) is 21.1. The highest BCUT2D eigenvalue weighted by Crippen LogP contribution is 2.44. The summed E-state index contributed by atoms with van der Waals surface area (Å²) >= 11 is 6.78. The number of carbonyl (C=O) groups is 1. The summed E-state index contributed by atoms with van der Waals surface area (Å²) in [6, 6.07) is 6.54. The summed E-state index contributed by atoms with van der Waals surface area (Å²) in [6.07, 6.45) is 2.58. The molecule has 2 aliphatic rings. The van der Waals surface area contributed by atoms with Crippen molar-refractivity contribution < 1.29 is 19.4 Å². The second kappa shape index (κ2) is 10.7. The van der Waals surface area contributed by atoms with Gasteiger partial charge in [0, 0.05) is 31.2 Å². The van der Waals surface area contributed by atoms with E-state index in [2.05, 4.69) is 9.97 Å². The maximum absolute atomic E-state index is 15.1. The van der Waals surface area contributed by atoms with Crippen LogP contribution in [0.15, 0.2) is 41.3 Å². The molecular weight excluding hydrogens is 587 g/mol. The Morgan fingerprint density at radius 3 is 2.50 bits per heavy atom. The number of nitrogens with zero attached hydrogens (tertiary/aromatic N) is 6. The molecule has 12 heteroatoms. The summed E-state index contributed by atoms with van der Waals surface area (Å²) in [5.41, 5.74) is 1.06. The Morgan fingerprint density at radius 2 is 1.86 bits per heavy atom. The minimum absolute atomic E-state index is 0.0223. The van der Waals surface area contributed by atoms with Crippen molar-refractivity contribution in [2.45, 2.75) is 65.5 Å². The number of aryl methyl sites for hydroxylation is 1. The quantitative estimate of drug-likeness (QED) is 0.279. The highest BCUT2D eigenvalue weighted by molar-refractivity contribution is 6.34. The number of aromatic nitrogens is 4. The van der Waals surface area contributed by atoms with E-state index in [1.165, 1.54) is 27.7 Å². The van der Waals surface area contributed by atoms with Crippen LogP contribution in [-0.2, 0) is 0 Å². The third-order valence-corrected chi connectivity index (χ3v) is 8.93. The maximum atomic E-state index is 15.1. The zero-order valence-electron chi connectivity index (χ0n) is 25.2. The standard InChI is InChI=1S/C32H34ClFN6O4/c1-16-11-12-35-24(18-9-10-18)26(16)40-29-19(15-20(33)25(36-29)23-21(34)7-6-8-22(23)41)28(37-30(40)42)38-13-14-39(31(43)44)27(17(38)2)32(3,4)5/h6-8,11-12,15,17-18,27,41H,9-10,13-14H2,1-5H3,(H,43,44)/t17-,27?/m0/s1. The van der Waals surface area contributed by atoms with Gasteiger partial charge in [-0.1, -0.05) is 38.4 Å². The minimum Gasteiger partial charge on any atom is -0.507 e. The van der Waals surface area contributed by atoms with Crippen LogP contribution in [0.1, 0.15) is 57.7 Å². The minimum atomic E-state index is -1.01. The van der Waals surface area contributed by atoms with E-state index in [-0.39, 0.29) is 52.7 Å². The molecule has 10 nitrogen and oxygen atoms in total. The van der Waals surface area contributed by atoms with Crippen LogP contribution in [0.2, 0.25) is 5.02 Å². The molecule has 4 heterocycles. The van der Waals surface area contributed by atoms with Crippen LogP contribution >= 0.6 is 11.6 Å². The molecule has 3 aromatic heterocycles. The van der Waals surface area contributed by atoms with Crippen molar-refractivity contribution in [2.75, 3.05) is 18.0 Å². The van der Waals surface area contributed by atoms with Crippen molar-refractivity contribution in [2.24, 2.45) is 5.41 Å². The highest BCUT2D eigenvalue weighted by atomic mass is 35.5. The Morgan fingerprint density at radius 1 is 1.14 bits per heavy atom. The first-order valence-corrected chi connectivity index (χ1v) is 15.0. The van der Waals surface area contributed by atoms with E-state index in [1.807, 2.05) is 45.6 Å². The fraction of sp³-hybridized carbons (Fsp3) is 0.406. The van der Waals surface area contributed by atoms with E-state index in [0.717, 1.165) is 24.1 Å². The summed E-state index contributed by atoms with van der Waals surface area (Å²) in [5.74, 6) is -0.569. The second-order valence-corrected chi connectivity index (χ2v) is 13.1. The predicted molar refractivity (Wildman–Crippen MR) is 166 cm³/mol. The molecule has 1 saturated carbocycles. The van der Waals surface area contributed by atoms with Crippen molar-refractivity contribution in [3.63, 3.8) is 0 Å². The number of amides is 1. The number of piperazine rings is 1. The molecular formula is C32H34ClFN6O4. The first-order chi connectivity index (χ1) is 20.8. The van der Waals surface area contributed by atoms with Gasteiger partial charge in [0.25, 0.3) is 0 Å². The fourth-order valence-corrected chi connectivity index (χ4v) is 6.91. The van der Waals surface area contributed by atoms with Gasteiger partial charge < -0.3 is 20.0 Å². The largest absolute Gasteiger partial charge is 0.507 e. The van der Waals surface area contributed by atoms with E-state index in [4.69, 9.17) is 16.6 Å². The Labute approximate surface area is 258 Å². The normalized spacial score (nSPS) is 19.1. The van der Waals surface area contributed by atoms with Crippen LogP contribution in [0.3, 0.4) is 0 Å². The number of halogens is 2. The molecule has 0 radical (unpaired) electrons. The van der Waals surface area contributed by atoms with Crippen molar-refractivity contribution >= 4 is 34.5 Å². The number of rotatable bonds is 4. The zero-order chi connectivity index (χ0) is 31.7. The molecule has 1 amide bonds. The van der Waals surface area contributed by atoms with Gasteiger partial charge in [-0.25, -0.2) is 23.5 Å². The number of fused-ring (bicyclic) bond motifs is 1. The van der Waals surface area contributed by atoms with Crippen molar-refractivity contribution in [3.8, 4) is 22.7 Å². The molecule has 1 aliphatic carbocycles. The summed E-state index contributed by atoms with van der Waals surface area (Å²) in [6.45, 7) is 10.2. The van der Waals surface area contributed by atoms with Gasteiger partial charge in [0.05, 0.1) is 39.1 Å². The van der Waals surface area contributed by atoms with E-state index >= 15 is 4.39 Å². The number of aromatic hydroxyl groups is 1. The summed E-state index contributed by atoms with van der Waals surface area (Å²) in [7, 11) is 0. The molecule has 44 heavy (non-hydrogen) atoms. The summed E-state index contributed by atoms with van der Waals surface area (Å²) < 4.78 is 16.5. The molecule has 0 bridgehead atoms. The van der Waals surface area contributed by atoms with Crippen LogP contribution in [0.25, 0.3) is 28.0 Å². The van der Waals surface area contributed by atoms with Gasteiger partial charge >= 0.3 is 11.8 Å². The molecule has 1 aromatic carbocycles. The molecule has 6 rings (SSSR count). The average molecular weight is 621 g/mol. The molecule has 2 atom stereocenters. The zero-order valence-corrected chi connectivity index (χ0v) is 25.9. The Bertz CT molecular complexity index is 1850. The number of hydrogen-bond acceptors (Lipinski definition) is 7. The van der Waals surface area contributed by atoms with Gasteiger partial charge in [-0.15, -0.1) is 0 Å². The lowest BCUT2D eigenvalue weighted by Gasteiger charge is -2.51. The SMILES string of the molecule is Cc1ccnc(C2CC2)c1-n1c(=O)nc(N2CCN(C(=O)O)C(C(C)(C)C)[C@@H]2C)c2cc(Cl)c(-c3c(O)cccc3F)nc21. The highest BCUT2D eigenvalue weighted by Gasteiger charge is 2.44. The van der Waals surface area contributed by atoms with Gasteiger partial charge in [-0.05, 0) is 61.9 Å². The summed E-state index contributed by atoms with van der Waals surface area (Å²) in [4.78, 5) is 43.8. The molecule has 230 valence electrons. The molecule has 1 aliphatic heterocycles. The van der Waals surface area contributed by atoms with Gasteiger partial charge in [0.15, 0.2) is 5.65 Å². The molecule has 2 N–H and O–H groups in total. The van der Waals surface area contributed by atoms with E-state index in [1.54, 1.807) is 12.3 Å².